The van der Waals surface area contributed by atoms with Crippen molar-refractivity contribution in [1.29, 1.82) is 0 Å². The van der Waals surface area contributed by atoms with E-state index in [2.05, 4.69) is 34.9 Å². The summed E-state index contributed by atoms with van der Waals surface area (Å²) >= 11 is 7.83. The number of unbranched alkanes of at least 4 members (excludes halogenated alkanes) is 2. The number of hydrogen-bond acceptors (Lipinski definition) is 7. The molecule has 63 heavy (non-hydrogen) atoms. The van der Waals surface area contributed by atoms with Gasteiger partial charge >= 0.3 is 33.7 Å². The normalized spacial score (nSPS) is 11.0. The maximum atomic E-state index is 14.0. The van der Waals surface area contributed by atoms with Crippen LogP contribution >= 0.6 is 47.8 Å². The van der Waals surface area contributed by atoms with E-state index in [-0.39, 0.29) is 51.6 Å². The number of alkyl halides is 7. The summed E-state index contributed by atoms with van der Waals surface area (Å²) in [5.74, 6) is -7.38. The van der Waals surface area contributed by atoms with Crippen LogP contribution in [0.3, 0.4) is 0 Å². The first-order valence-corrected chi connectivity index (χ1v) is 20.3. The lowest BCUT2D eigenvalue weighted by atomic mass is 10.1. The molecule has 0 spiro atoms. The molecule has 0 heterocycles. The van der Waals surface area contributed by atoms with Crippen molar-refractivity contribution in [1.82, 2.24) is 5.32 Å². The molecule has 5 aromatic carbocycles. The summed E-state index contributed by atoms with van der Waals surface area (Å²) in [5.41, 5.74) is 2.77. The van der Waals surface area contributed by atoms with Crippen LogP contribution in [0.25, 0.3) is 11.1 Å². The molecule has 0 bridgehead atoms. The van der Waals surface area contributed by atoms with Crippen LogP contribution in [-0.4, -0.2) is 56.4 Å². The number of carboxylic acid groups (broad SMARTS) is 2. The lowest BCUT2D eigenvalue weighted by molar-refractivity contribution is -0.154. The van der Waals surface area contributed by atoms with Crippen LogP contribution in [0, 0.1) is 17.5 Å². The molecule has 5 aromatic rings. The molecule has 0 saturated heterocycles. The molecule has 0 aliphatic carbocycles. The molecule has 4 N–H and O–H groups in total. The van der Waals surface area contributed by atoms with Gasteiger partial charge in [-0.3, -0.25) is 9.59 Å². The Morgan fingerprint density at radius 3 is 1.51 bits per heavy atom. The minimum atomic E-state index is -4.11. The predicted octanol–water partition coefficient (Wildman–Crippen LogP) is 12.1. The van der Waals surface area contributed by atoms with Gasteiger partial charge in [-0.25, -0.2) is 22.8 Å². The fourth-order valence-electron chi connectivity index (χ4n) is 4.36. The number of carbonyl (C=O) groups excluding carboxylic acids is 2. The second kappa shape index (κ2) is 26.3. The second-order valence-electron chi connectivity index (χ2n) is 12.3. The minimum absolute atomic E-state index is 0.00111. The third-order valence-electron chi connectivity index (χ3n) is 7.32. The predicted molar refractivity (Wildman–Crippen MR) is 226 cm³/mol. The molecule has 338 valence electrons. The number of benzene rings is 5. The Kier molecular flexibility index (Phi) is 22.5. The van der Waals surface area contributed by atoms with Gasteiger partial charge < -0.3 is 20.8 Å². The van der Waals surface area contributed by atoms with Gasteiger partial charge in [-0.05, 0) is 144 Å². The molecule has 0 atom stereocenters. The Morgan fingerprint density at radius 2 is 1.05 bits per heavy atom. The number of carbonyl (C=O) groups is 4. The average molecular weight is 967 g/mol. The highest BCUT2D eigenvalue weighted by Crippen LogP contribution is 2.37. The molecule has 21 heteroatoms. The first kappa shape index (κ1) is 53.8. The SMILES string of the molecule is Fc1ccc(S)cc1.O=C(CCCCCNC(=O)C(F)(F)Sc1ccc(F)cc1)Nc1cccc(-c2ccccc2)c1.O=C(O)C(F)(F)Cl.O=C(O)C(F)(F)Sc1ccc(F)cc1. The van der Waals surface area contributed by atoms with E-state index in [0.29, 0.717) is 31.4 Å². The highest BCUT2D eigenvalue weighted by atomic mass is 35.5. The number of rotatable bonds is 15. The summed E-state index contributed by atoms with van der Waals surface area (Å²) in [6, 6.07) is 32.1. The van der Waals surface area contributed by atoms with Gasteiger partial charge in [-0.15, -0.1) is 12.6 Å². The van der Waals surface area contributed by atoms with Gasteiger partial charge in [0.2, 0.25) is 5.91 Å². The number of hydrogen-bond donors (Lipinski definition) is 5. The van der Waals surface area contributed by atoms with Crippen LogP contribution in [0.15, 0.2) is 142 Å². The Hall–Kier alpha value is -5.31. The molecule has 0 aliphatic heterocycles. The Bertz CT molecular complexity index is 2190. The molecule has 0 fully saturated rings. The standard InChI is InChI=1S/C26H25F3N2O2S.C8H5F3O2S.C6H5FS.C2HClF2O2/c27-21-13-15-23(16-14-21)34-26(28,29)25(33)30-17-6-2-5-12-24(32)31-22-11-7-10-20(18-22)19-8-3-1-4-9-19;9-5-1-3-6(4-2-5)14-8(10,11)7(12)13;7-5-1-3-6(8)4-2-5;3-2(4,5)1(6)7/h1,3-4,7-11,13-16,18H,2,5-6,12,17H2,(H,30,33)(H,31,32);1-4H,(H,12,13);1-4,8H;(H,6,7). The van der Waals surface area contributed by atoms with E-state index in [4.69, 9.17) is 15.0 Å². The molecule has 5 rings (SSSR count). The molecule has 8 nitrogen and oxygen atoms in total. The smallest absolute Gasteiger partial charge is 0.417 e. The number of thiol groups is 1. The van der Waals surface area contributed by atoms with Crippen LogP contribution in [0.2, 0.25) is 0 Å². The number of aliphatic carboxylic acids is 2. The van der Waals surface area contributed by atoms with Crippen molar-refractivity contribution in [2.45, 2.75) is 56.3 Å². The van der Waals surface area contributed by atoms with E-state index in [1.165, 1.54) is 24.3 Å². The number of halogens is 10. The van der Waals surface area contributed by atoms with Crippen molar-refractivity contribution in [3.05, 3.63) is 145 Å². The highest BCUT2D eigenvalue weighted by molar-refractivity contribution is 8.01. The van der Waals surface area contributed by atoms with E-state index >= 15 is 0 Å². The summed E-state index contributed by atoms with van der Waals surface area (Å²) in [6.45, 7) is 0.0825. The fourth-order valence-corrected chi connectivity index (χ4v) is 5.89. The third kappa shape index (κ3) is 22.1. The maximum Gasteiger partial charge on any atom is 0.417 e. The minimum Gasteiger partial charge on any atom is -0.476 e. The Labute approximate surface area is 374 Å². The van der Waals surface area contributed by atoms with E-state index in [1.807, 2.05) is 54.6 Å². The molecule has 0 saturated carbocycles. The van der Waals surface area contributed by atoms with E-state index in [1.54, 1.807) is 12.1 Å². The molecule has 0 unspecified atom stereocenters. The Balaban J connectivity index is 0.000000380. The zero-order valence-electron chi connectivity index (χ0n) is 32.2. The molecule has 0 radical (unpaired) electrons. The molecule has 2 amide bonds. The molecule has 0 aromatic heterocycles. The van der Waals surface area contributed by atoms with Gasteiger partial charge in [0.05, 0.1) is 0 Å². The third-order valence-corrected chi connectivity index (χ3v) is 9.67. The lowest BCUT2D eigenvalue weighted by Crippen LogP contribution is -2.38. The van der Waals surface area contributed by atoms with Crippen molar-refractivity contribution in [2.24, 2.45) is 0 Å². The zero-order valence-corrected chi connectivity index (χ0v) is 35.5. The van der Waals surface area contributed by atoms with Crippen molar-refractivity contribution >= 4 is 77.2 Å². The monoisotopic (exact) mass is 966 g/mol. The largest absolute Gasteiger partial charge is 0.476 e. The van der Waals surface area contributed by atoms with Crippen molar-refractivity contribution in [2.75, 3.05) is 11.9 Å². The topological polar surface area (TPSA) is 133 Å². The van der Waals surface area contributed by atoms with Gasteiger partial charge in [-0.1, -0.05) is 48.9 Å². The van der Waals surface area contributed by atoms with E-state index in [0.717, 1.165) is 52.4 Å². The van der Waals surface area contributed by atoms with Crippen molar-refractivity contribution in [3.8, 4) is 11.1 Å². The number of amides is 2. The van der Waals surface area contributed by atoms with E-state index < -0.39 is 45.4 Å². The van der Waals surface area contributed by atoms with Crippen LogP contribution in [0.1, 0.15) is 25.7 Å². The average Bonchev–Trinajstić information content (AvgIpc) is 3.22. The summed E-state index contributed by atoms with van der Waals surface area (Å²) in [4.78, 5) is 44.1. The number of nitrogens with one attached hydrogen (secondary N) is 2. The summed E-state index contributed by atoms with van der Waals surface area (Å²) in [5, 5.41) is 8.91. The summed E-state index contributed by atoms with van der Waals surface area (Å²) in [6.07, 6.45) is 1.94. The summed E-state index contributed by atoms with van der Waals surface area (Å²) in [7, 11) is 0. The van der Waals surface area contributed by atoms with Crippen LogP contribution in [0.5, 0.6) is 0 Å². The summed E-state index contributed by atoms with van der Waals surface area (Å²) < 4.78 is 113. The quantitative estimate of drug-likeness (QED) is 0.0230. The van der Waals surface area contributed by atoms with Gasteiger partial charge in [0.1, 0.15) is 17.5 Å². The molecular formula is C42H36ClF9N2O6S3. The number of anilines is 1. The van der Waals surface area contributed by atoms with E-state index in [9.17, 15) is 53.9 Å². The Morgan fingerprint density at radius 1 is 0.587 bits per heavy atom. The lowest BCUT2D eigenvalue weighted by Gasteiger charge is -2.15. The van der Waals surface area contributed by atoms with Gasteiger partial charge in [-0.2, -0.15) is 26.3 Å². The second-order valence-corrected chi connectivity index (χ2v) is 15.7. The first-order chi connectivity index (χ1) is 29.5. The zero-order chi connectivity index (χ0) is 47.2. The highest BCUT2D eigenvalue weighted by Gasteiger charge is 2.41. The first-order valence-electron chi connectivity index (χ1n) is 17.8. The maximum absolute atomic E-state index is 14.0. The molecular weight excluding hydrogens is 931 g/mol. The fraction of sp³-hybridized carbons (Fsp3) is 0.190. The van der Waals surface area contributed by atoms with Crippen LogP contribution in [0.4, 0.5) is 45.2 Å². The van der Waals surface area contributed by atoms with Crippen molar-refractivity contribution in [3.63, 3.8) is 0 Å². The molecule has 0 aliphatic rings. The van der Waals surface area contributed by atoms with Crippen LogP contribution in [-0.2, 0) is 19.2 Å². The number of carboxylic acids is 2. The van der Waals surface area contributed by atoms with Crippen molar-refractivity contribution < 1.29 is 68.9 Å². The van der Waals surface area contributed by atoms with Gasteiger partial charge in [0.25, 0.3) is 0 Å². The van der Waals surface area contributed by atoms with Gasteiger partial charge in [0, 0.05) is 33.3 Å². The number of thioether (sulfide) groups is 2. The van der Waals surface area contributed by atoms with Crippen LogP contribution < -0.4 is 10.6 Å². The van der Waals surface area contributed by atoms with Gasteiger partial charge in [0.15, 0.2) is 0 Å².